The number of nitrogens with zero attached hydrogens (tertiary/aromatic N) is 2. The van der Waals surface area contributed by atoms with Gasteiger partial charge in [0.2, 0.25) is 0 Å². The summed E-state index contributed by atoms with van der Waals surface area (Å²) in [5.41, 5.74) is 9.45. The number of benzene rings is 2. The number of hydrogen-bond acceptors (Lipinski definition) is 3. The lowest BCUT2D eigenvalue weighted by Gasteiger charge is -2.34. The standard InChI is InChI=1S/C18H19N3/c19-13-16-12-17(6-7-18(16)20)21-10-8-15(9-11-21)14-4-2-1-3-5-14/h1-7,12,15H,8-11,20H2. The molecule has 0 unspecified atom stereocenters. The van der Waals surface area contributed by atoms with E-state index in [1.54, 1.807) is 0 Å². The molecule has 2 N–H and O–H groups in total. The third kappa shape index (κ3) is 2.85. The van der Waals surface area contributed by atoms with Crippen LogP contribution in [0.25, 0.3) is 0 Å². The number of nitrogens with two attached hydrogens (primary N) is 1. The molecule has 0 spiro atoms. The zero-order valence-electron chi connectivity index (χ0n) is 12.0. The lowest BCUT2D eigenvalue weighted by atomic mass is 9.89. The Morgan fingerprint density at radius 2 is 1.76 bits per heavy atom. The van der Waals surface area contributed by atoms with E-state index in [9.17, 15) is 0 Å². The first-order chi connectivity index (χ1) is 10.3. The summed E-state index contributed by atoms with van der Waals surface area (Å²) >= 11 is 0. The maximum atomic E-state index is 9.08. The fourth-order valence-electron chi connectivity index (χ4n) is 3.03. The van der Waals surface area contributed by atoms with Gasteiger partial charge in [0.25, 0.3) is 0 Å². The lowest BCUT2D eigenvalue weighted by molar-refractivity contribution is 0.505. The van der Waals surface area contributed by atoms with Gasteiger partial charge in [0.1, 0.15) is 6.07 Å². The molecule has 0 aromatic heterocycles. The molecular formula is C18H19N3. The van der Waals surface area contributed by atoms with E-state index in [0.717, 1.165) is 31.6 Å². The maximum absolute atomic E-state index is 9.08. The Balaban J connectivity index is 1.70. The molecule has 2 aromatic carbocycles. The van der Waals surface area contributed by atoms with E-state index in [0.29, 0.717) is 17.2 Å². The van der Waals surface area contributed by atoms with E-state index >= 15 is 0 Å². The van der Waals surface area contributed by atoms with E-state index in [1.165, 1.54) is 5.56 Å². The van der Waals surface area contributed by atoms with Crippen molar-refractivity contribution in [3.8, 4) is 6.07 Å². The van der Waals surface area contributed by atoms with Gasteiger partial charge in [0, 0.05) is 24.5 Å². The van der Waals surface area contributed by atoms with Gasteiger partial charge < -0.3 is 10.6 Å². The van der Waals surface area contributed by atoms with Crippen molar-refractivity contribution < 1.29 is 0 Å². The van der Waals surface area contributed by atoms with Crippen LogP contribution < -0.4 is 10.6 Å². The van der Waals surface area contributed by atoms with Crippen LogP contribution in [0.1, 0.15) is 29.9 Å². The second-order valence-electron chi connectivity index (χ2n) is 5.56. The predicted octanol–water partition coefficient (Wildman–Crippen LogP) is 3.52. The second-order valence-corrected chi connectivity index (χ2v) is 5.56. The zero-order chi connectivity index (χ0) is 14.7. The van der Waals surface area contributed by atoms with Crippen LogP contribution in [0.2, 0.25) is 0 Å². The Morgan fingerprint density at radius 3 is 2.43 bits per heavy atom. The second kappa shape index (κ2) is 5.88. The van der Waals surface area contributed by atoms with Crippen LogP contribution >= 0.6 is 0 Å². The molecule has 0 bridgehead atoms. The van der Waals surface area contributed by atoms with Crippen molar-refractivity contribution in [1.82, 2.24) is 0 Å². The number of anilines is 2. The SMILES string of the molecule is N#Cc1cc(N2CCC(c3ccccc3)CC2)ccc1N. The van der Waals surface area contributed by atoms with Crippen LogP contribution in [0.4, 0.5) is 11.4 Å². The Bertz CT molecular complexity index is 650. The highest BCUT2D eigenvalue weighted by molar-refractivity contribution is 5.63. The highest BCUT2D eigenvalue weighted by atomic mass is 15.1. The van der Waals surface area contributed by atoms with Gasteiger partial charge in [-0.1, -0.05) is 30.3 Å². The molecule has 1 aliphatic heterocycles. The first kappa shape index (κ1) is 13.5. The number of nitriles is 1. The van der Waals surface area contributed by atoms with Gasteiger partial charge >= 0.3 is 0 Å². The molecule has 0 aliphatic carbocycles. The van der Waals surface area contributed by atoms with Crippen LogP contribution in [0.15, 0.2) is 48.5 Å². The molecule has 3 nitrogen and oxygen atoms in total. The normalized spacial score (nSPS) is 15.7. The van der Waals surface area contributed by atoms with E-state index in [-0.39, 0.29) is 0 Å². The van der Waals surface area contributed by atoms with Gasteiger partial charge in [-0.15, -0.1) is 0 Å². The monoisotopic (exact) mass is 277 g/mol. The molecule has 1 fully saturated rings. The molecule has 1 heterocycles. The van der Waals surface area contributed by atoms with Gasteiger partial charge in [-0.3, -0.25) is 0 Å². The van der Waals surface area contributed by atoms with Crippen molar-refractivity contribution >= 4 is 11.4 Å². The number of piperidine rings is 1. The van der Waals surface area contributed by atoms with Gasteiger partial charge in [-0.2, -0.15) is 5.26 Å². The summed E-state index contributed by atoms with van der Waals surface area (Å²) in [4.78, 5) is 2.35. The third-order valence-corrected chi connectivity index (χ3v) is 4.29. The van der Waals surface area contributed by atoms with Gasteiger partial charge in [-0.25, -0.2) is 0 Å². The lowest BCUT2D eigenvalue weighted by Crippen LogP contribution is -2.32. The van der Waals surface area contributed by atoms with Crippen LogP contribution in [-0.2, 0) is 0 Å². The zero-order valence-corrected chi connectivity index (χ0v) is 12.0. The first-order valence-corrected chi connectivity index (χ1v) is 7.37. The summed E-state index contributed by atoms with van der Waals surface area (Å²) in [6.45, 7) is 2.04. The van der Waals surface area contributed by atoms with Crippen LogP contribution in [0.5, 0.6) is 0 Å². The van der Waals surface area contributed by atoms with Crippen molar-refractivity contribution in [3.63, 3.8) is 0 Å². The fourth-order valence-corrected chi connectivity index (χ4v) is 3.03. The first-order valence-electron chi connectivity index (χ1n) is 7.37. The average Bonchev–Trinajstić information content (AvgIpc) is 2.56. The van der Waals surface area contributed by atoms with Crippen molar-refractivity contribution in [1.29, 1.82) is 5.26 Å². The van der Waals surface area contributed by atoms with E-state index in [2.05, 4.69) is 41.3 Å². The molecule has 0 amide bonds. The molecule has 1 saturated heterocycles. The number of hydrogen-bond donors (Lipinski definition) is 1. The summed E-state index contributed by atoms with van der Waals surface area (Å²) in [5, 5.41) is 9.08. The number of rotatable bonds is 2. The molecule has 3 rings (SSSR count). The van der Waals surface area contributed by atoms with Crippen molar-refractivity contribution in [2.45, 2.75) is 18.8 Å². The summed E-state index contributed by atoms with van der Waals surface area (Å²) in [6, 6.07) is 18.6. The highest BCUT2D eigenvalue weighted by Gasteiger charge is 2.20. The van der Waals surface area contributed by atoms with Crippen molar-refractivity contribution in [3.05, 3.63) is 59.7 Å². The summed E-state index contributed by atoms with van der Waals surface area (Å²) in [5.74, 6) is 0.645. The smallest absolute Gasteiger partial charge is 0.101 e. The Morgan fingerprint density at radius 1 is 1.05 bits per heavy atom. The predicted molar refractivity (Wildman–Crippen MR) is 86.2 cm³/mol. The summed E-state index contributed by atoms with van der Waals surface area (Å²) in [7, 11) is 0. The van der Waals surface area contributed by atoms with Crippen molar-refractivity contribution in [2.75, 3.05) is 23.7 Å². The minimum atomic E-state index is 0.556. The van der Waals surface area contributed by atoms with E-state index in [4.69, 9.17) is 11.0 Å². The minimum absolute atomic E-state index is 0.556. The van der Waals surface area contributed by atoms with Gasteiger partial charge in [-0.05, 0) is 42.5 Å². The highest BCUT2D eigenvalue weighted by Crippen LogP contribution is 2.31. The molecule has 2 aromatic rings. The molecule has 3 heteroatoms. The molecule has 0 atom stereocenters. The van der Waals surface area contributed by atoms with E-state index < -0.39 is 0 Å². The fraction of sp³-hybridized carbons (Fsp3) is 0.278. The summed E-state index contributed by atoms with van der Waals surface area (Å²) < 4.78 is 0. The molecule has 1 aliphatic rings. The molecular weight excluding hydrogens is 258 g/mol. The Labute approximate surface area is 125 Å². The topological polar surface area (TPSA) is 53.0 Å². The van der Waals surface area contributed by atoms with E-state index in [1.807, 2.05) is 18.2 Å². The Kier molecular flexibility index (Phi) is 3.79. The van der Waals surface area contributed by atoms with Crippen LogP contribution in [0, 0.1) is 11.3 Å². The maximum Gasteiger partial charge on any atom is 0.101 e. The van der Waals surface area contributed by atoms with Crippen LogP contribution in [0.3, 0.4) is 0 Å². The van der Waals surface area contributed by atoms with Crippen LogP contribution in [-0.4, -0.2) is 13.1 Å². The minimum Gasteiger partial charge on any atom is -0.398 e. The molecule has 21 heavy (non-hydrogen) atoms. The quantitative estimate of drug-likeness (QED) is 0.854. The molecule has 0 saturated carbocycles. The summed E-state index contributed by atoms with van der Waals surface area (Å²) in [6.07, 6.45) is 2.30. The number of nitrogen functional groups attached to an aromatic ring is 1. The largest absolute Gasteiger partial charge is 0.398 e. The van der Waals surface area contributed by atoms with Gasteiger partial charge in [0.15, 0.2) is 0 Å². The Hall–Kier alpha value is -2.47. The van der Waals surface area contributed by atoms with Crippen molar-refractivity contribution in [2.24, 2.45) is 0 Å². The van der Waals surface area contributed by atoms with Gasteiger partial charge in [0.05, 0.1) is 5.56 Å². The molecule has 0 radical (unpaired) electrons. The average molecular weight is 277 g/mol. The molecule has 106 valence electrons. The third-order valence-electron chi connectivity index (χ3n) is 4.29.